The molecule has 2 aliphatic rings. The highest BCUT2D eigenvalue weighted by Gasteiger charge is 2.33. The third-order valence-electron chi connectivity index (χ3n) is 6.87. The van der Waals surface area contributed by atoms with Crippen LogP contribution in [0.2, 0.25) is 0 Å². The van der Waals surface area contributed by atoms with Gasteiger partial charge in [-0.25, -0.2) is 4.79 Å². The van der Waals surface area contributed by atoms with Crippen LogP contribution in [-0.2, 0) is 9.53 Å². The molecule has 2 heterocycles. The number of benzene rings is 2. The Kier molecular flexibility index (Phi) is 5.98. The van der Waals surface area contributed by atoms with E-state index in [9.17, 15) is 19.5 Å². The van der Waals surface area contributed by atoms with Gasteiger partial charge in [0.1, 0.15) is 12.3 Å². The number of carboxylic acids is 1. The number of fused-ring (bicyclic) bond motifs is 3. The molecule has 0 saturated carbocycles. The third-order valence-corrected chi connectivity index (χ3v) is 6.87. The number of aliphatic carboxylic acids is 1. The van der Waals surface area contributed by atoms with E-state index in [4.69, 9.17) is 4.74 Å². The van der Waals surface area contributed by atoms with Gasteiger partial charge in [0.2, 0.25) is 0 Å². The van der Waals surface area contributed by atoms with E-state index in [-0.39, 0.29) is 36.0 Å². The minimum Gasteiger partial charge on any atom is -0.481 e. The van der Waals surface area contributed by atoms with Gasteiger partial charge in [-0.2, -0.15) is 5.10 Å². The molecule has 3 aromatic rings. The average molecular weight is 475 g/mol. The van der Waals surface area contributed by atoms with E-state index in [0.29, 0.717) is 19.4 Å². The zero-order chi connectivity index (χ0) is 24.5. The number of H-pyrrole nitrogens is 1. The Morgan fingerprint density at radius 3 is 2.40 bits per heavy atom. The van der Waals surface area contributed by atoms with Crippen molar-refractivity contribution in [2.75, 3.05) is 18.5 Å². The van der Waals surface area contributed by atoms with E-state index in [2.05, 4.69) is 27.6 Å². The van der Waals surface area contributed by atoms with Crippen LogP contribution >= 0.6 is 0 Å². The largest absolute Gasteiger partial charge is 0.481 e. The number of nitrogens with zero attached hydrogens (tertiary/aromatic N) is 2. The van der Waals surface area contributed by atoms with E-state index in [0.717, 1.165) is 22.3 Å². The van der Waals surface area contributed by atoms with E-state index in [1.165, 1.54) is 6.07 Å². The number of likely N-dealkylation sites (tertiary alicyclic amines) is 1. The van der Waals surface area contributed by atoms with Crippen molar-refractivity contribution in [1.29, 1.82) is 0 Å². The van der Waals surface area contributed by atoms with Gasteiger partial charge in [0.05, 0.1) is 5.92 Å². The third kappa shape index (κ3) is 4.37. The molecule has 0 bridgehead atoms. The molecule has 2 amide bonds. The maximum absolute atomic E-state index is 12.9. The van der Waals surface area contributed by atoms with Crippen LogP contribution in [0.5, 0.6) is 0 Å². The lowest BCUT2D eigenvalue weighted by Crippen LogP contribution is -2.46. The number of carbonyl (C=O) groups is 3. The molecule has 35 heavy (non-hydrogen) atoms. The summed E-state index contributed by atoms with van der Waals surface area (Å²) < 4.78 is 5.53. The number of carboxylic acid groups (broad SMARTS) is 1. The van der Waals surface area contributed by atoms with Gasteiger partial charge < -0.3 is 14.7 Å². The summed E-state index contributed by atoms with van der Waals surface area (Å²) in [6, 6.07) is 17.4. The monoisotopic (exact) mass is 474 g/mol. The highest BCUT2D eigenvalue weighted by atomic mass is 16.5. The number of nitrogens with one attached hydrogen (secondary N) is 2. The predicted molar refractivity (Wildman–Crippen MR) is 128 cm³/mol. The lowest BCUT2D eigenvalue weighted by atomic mass is 9.91. The number of amides is 2. The van der Waals surface area contributed by atoms with Crippen molar-refractivity contribution >= 4 is 23.8 Å². The van der Waals surface area contributed by atoms with E-state index >= 15 is 0 Å². The van der Waals surface area contributed by atoms with Crippen molar-refractivity contribution < 1.29 is 24.2 Å². The second-order valence-corrected chi connectivity index (χ2v) is 9.02. The summed E-state index contributed by atoms with van der Waals surface area (Å²) in [6.45, 7) is 2.36. The zero-order valence-electron chi connectivity index (χ0n) is 19.2. The van der Waals surface area contributed by atoms with E-state index in [1.54, 1.807) is 4.90 Å². The molecule has 0 radical (unpaired) electrons. The quantitative estimate of drug-likeness (QED) is 0.511. The van der Waals surface area contributed by atoms with Crippen molar-refractivity contribution in [3.8, 4) is 11.1 Å². The van der Waals surface area contributed by atoms with E-state index < -0.39 is 18.0 Å². The summed E-state index contributed by atoms with van der Waals surface area (Å²) in [5, 5.41) is 18.5. The normalized spacial score (nSPS) is 19.1. The summed E-state index contributed by atoms with van der Waals surface area (Å²) in [7, 11) is 0. The van der Waals surface area contributed by atoms with Crippen LogP contribution in [0.4, 0.5) is 10.6 Å². The van der Waals surface area contributed by atoms with Gasteiger partial charge in [-0.15, -0.1) is 0 Å². The molecule has 2 atom stereocenters. The van der Waals surface area contributed by atoms with Gasteiger partial charge in [-0.1, -0.05) is 48.5 Å². The first-order chi connectivity index (χ1) is 16.9. The summed E-state index contributed by atoms with van der Waals surface area (Å²) in [4.78, 5) is 38.2. The second kappa shape index (κ2) is 9.25. The Hall–Kier alpha value is -4.14. The molecule has 0 spiro atoms. The first kappa shape index (κ1) is 22.6. The molecule has 180 valence electrons. The highest BCUT2D eigenvalue weighted by Crippen LogP contribution is 2.44. The minimum absolute atomic E-state index is 0.0558. The van der Waals surface area contributed by atoms with Crippen molar-refractivity contribution in [3.05, 3.63) is 71.4 Å². The van der Waals surface area contributed by atoms with Crippen LogP contribution in [0.3, 0.4) is 0 Å². The fourth-order valence-corrected chi connectivity index (χ4v) is 5.09. The smallest absolute Gasteiger partial charge is 0.412 e. The van der Waals surface area contributed by atoms with Crippen LogP contribution in [0.25, 0.3) is 11.1 Å². The molecule has 1 saturated heterocycles. The van der Waals surface area contributed by atoms with Gasteiger partial charge in [0, 0.05) is 24.6 Å². The number of hydrogen-bond acceptors (Lipinski definition) is 5. The number of hydrogen-bond donors (Lipinski definition) is 3. The molecule has 1 aromatic heterocycles. The van der Waals surface area contributed by atoms with E-state index in [1.807, 2.05) is 43.3 Å². The lowest BCUT2D eigenvalue weighted by molar-refractivity contribution is -0.143. The topological polar surface area (TPSA) is 125 Å². The number of piperidine rings is 1. The van der Waals surface area contributed by atoms with Gasteiger partial charge in [0.25, 0.3) is 5.91 Å². The van der Waals surface area contributed by atoms with Crippen LogP contribution in [0.1, 0.15) is 47.3 Å². The molecular weight excluding hydrogens is 448 g/mol. The molecule has 1 aliphatic heterocycles. The fraction of sp³-hybridized carbons (Fsp3) is 0.308. The maximum Gasteiger partial charge on any atom is 0.412 e. The molecular formula is C26H26N4O5. The first-order valence-corrected chi connectivity index (χ1v) is 11.6. The molecule has 9 nitrogen and oxygen atoms in total. The summed E-state index contributed by atoms with van der Waals surface area (Å²) in [6.07, 6.45) is 0.151. The number of rotatable bonds is 5. The summed E-state index contributed by atoms with van der Waals surface area (Å²) in [5.41, 5.74) is 4.76. The molecule has 5 rings (SSSR count). The van der Waals surface area contributed by atoms with Crippen LogP contribution in [0.15, 0.2) is 54.6 Å². The first-order valence-electron chi connectivity index (χ1n) is 11.6. The Morgan fingerprint density at radius 2 is 1.77 bits per heavy atom. The lowest BCUT2D eigenvalue weighted by Gasteiger charge is -2.35. The number of ether oxygens (including phenoxy) is 1. The fourth-order valence-electron chi connectivity index (χ4n) is 5.09. The van der Waals surface area contributed by atoms with Crippen molar-refractivity contribution in [1.82, 2.24) is 15.1 Å². The van der Waals surface area contributed by atoms with Gasteiger partial charge in [-0.05, 0) is 42.0 Å². The van der Waals surface area contributed by atoms with Gasteiger partial charge >= 0.3 is 12.1 Å². The number of aromatic amines is 1. The molecule has 2 unspecified atom stereocenters. The number of aromatic nitrogens is 2. The minimum atomic E-state index is -0.833. The van der Waals surface area contributed by atoms with Crippen molar-refractivity contribution in [2.24, 2.45) is 5.92 Å². The number of carbonyl (C=O) groups excluding carboxylic acids is 2. The van der Waals surface area contributed by atoms with Gasteiger partial charge in [-0.3, -0.25) is 20.0 Å². The summed E-state index contributed by atoms with van der Waals surface area (Å²) >= 11 is 0. The Bertz CT molecular complexity index is 1240. The number of anilines is 1. The Balaban J connectivity index is 1.20. The standard InChI is InChI=1S/C26H26N4O5/c1-15-12-16(25(32)33)10-11-30(15)24(31)22-13-23(29-28-22)27-26(34)35-14-21-19-8-4-2-6-17(19)18-7-3-5-9-20(18)21/h2-9,13,15-16,21H,10-12,14H2,1H3,(H,32,33)(H2,27,28,29,34). The van der Waals surface area contributed by atoms with Crippen molar-refractivity contribution in [3.63, 3.8) is 0 Å². The molecule has 1 fully saturated rings. The van der Waals surface area contributed by atoms with Gasteiger partial charge in [0.15, 0.2) is 5.82 Å². The molecule has 2 aromatic carbocycles. The maximum atomic E-state index is 12.9. The van der Waals surface area contributed by atoms with Crippen molar-refractivity contribution in [2.45, 2.75) is 31.7 Å². The van der Waals surface area contributed by atoms with Crippen LogP contribution < -0.4 is 5.32 Å². The highest BCUT2D eigenvalue weighted by molar-refractivity contribution is 5.94. The average Bonchev–Trinajstić information content (AvgIpc) is 3.45. The SMILES string of the molecule is CC1CC(C(=O)O)CCN1C(=O)c1cc(NC(=O)OCC2c3ccccc3-c3ccccc32)n[nH]1. The Labute approximate surface area is 202 Å². The molecule has 9 heteroatoms. The Morgan fingerprint density at radius 1 is 1.11 bits per heavy atom. The predicted octanol–water partition coefficient (Wildman–Crippen LogP) is 4.10. The zero-order valence-corrected chi connectivity index (χ0v) is 19.2. The molecule has 1 aliphatic carbocycles. The molecule has 3 N–H and O–H groups in total. The van der Waals surface area contributed by atoms with Crippen LogP contribution in [0, 0.1) is 5.92 Å². The second-order valence-electron chi connectivity index (χ2n) is 9.02. The van der Waals surface area contributed by atoms with Crippen LogP contribution in [-0.4, -0.2) is 57.4 Å². The summed E-state index contributed by atoms with van der Waals surface area (Å²) in [5.74, 6) is -1.44.